The van der Waals surface area contributed by atoms with Crippen LogP contribution in [0.4, 0.5) is 0 Å². The fraction of sp³-hybridized carbons (Fsp3) is 0. The molecule has 242 valence electrons. The number of nitrogens with zero attached hydrogens (tertiary/aromatic N) is 5. The van der Waals surface area contributed by atoms with Gasteiger partial charge < -0.3 is 0 Å². The highest BCUT2D eigenvalue weighted by atomic mass is 32.1. The Morgan fingerprint density at radius 2 is 0.885 bits per heavy atom. The van der Waals surface area contributed by atoms with Crippen LogP contribution < -0.4 is 0 Å². The van der Waals surface area contributed by atoms with Crippen molar-refractivity contribution in [1.82, 2.24) is 24.5 Å². The number of para-hydroxylation sites is 3. The Balaban J connectivity index is 1.19. The molecule has 3 aromatic heterocycles. The average Bonchev–Trinajstić information content (AvgIpc) is 3.80. The summed E-state index contributed by atoms with van der Waals surface area (Å²) in [7, 11) is 0. The molecule has 0 bridgehead atoms. The van der Waals surface area contributed by atoms with Crippen molar-refractivity contribution in [3.05, 3.63) is 164 Å². The van der Waals surface area contributed by atoms with Crippen molar-refractivity contribution < 1.29 is 0 Å². The van der Waals surface area contributed by atoms with Crippen molar-refractivity contribution >= 4 is 74.9 Å². The van der Waals surface area contributed by atoms with Crippen molar-refractivity contribution in [1.29, 1.82) is 0 Å². The van der Waals surface area contributed by atoms with Gasteiger partial charge in [0.1, 0.15) is 0 Å². The van der Waals surface area contributed by atoms with E-state index in [1.165, 1.54) is 47.1 Å². The zero-order valence-electron chi connectivity index (χ0n) is 27.7. The number of hydrogen-bond donors (Lipinski definition) is 0. The number of imidazole rings is 1. The highest BCUT2D eigenvalue weighted by molar-refractivity contribution is 7.25. The van der Waals surface area contributed by atoms with Crippen molar-refractivity contribution in [2.24, 2.45) is 0 Å². The fourth-order valence-corrected chi connectivity index (χ4v) is 8.75. The van der Waals surface area contributed by atoms with E-state index in [0.29, 0.717) is 23.3 Å². The summed E-state index contributed by atoms with van der Waals surface area (Å²) in [5, 5.41) is 9.71. The summed E-state index contributed by atoms with van der Waals surface area (Å²) in [6.45, 7) is 0. The molecule has 11 aromatic rings. The van der Waals surface area contributed by atoms with Gasteiger partial charge in [-0.1, -0.05) is 109 Å². The Morgan fingerprint density at radius 1 is 0.365 bits per heavy atom. The number of rotatable bonds is 4. The third-order valence-electron chi connectivity index (χ3n) is 10.0. The lowest BCUT2D eigenvalue weighted by molar-refractivity contribution is 1.01. The molecule has 5 nitrogen and oxygen atoms in total. The van der Waals surface area contributed by atoms with E-state index in [1.54, 1.807) is 11.3 Å². The predicted molar refractivity (Wildman–Crippen MR) is 216 cm³/mol. The number of hydrogen-bond acceptors (Lipinski definition) is 5. The van der Waals surface area contributed by atoms with Crippen LogP contribution in [0.2, 0.25) is 0 Å². The zero-order valence-corrected chi connectivity index (χ0v) is 28.5. The van der Waals surface area contributed by atoms with Gasteiger partial charge in [-0.15, -0.1) is 11.3 Å². The monoisotopic (exact) mass is 681 g/mol. The molecule has 6 heteroatoms. The van der Waals surface area contributed by atoms with Crippen LogP contribution in [0.3, 0.4) is 0 Å². The van der Waals surface area contributed by atoms with E-state index in [0.717, 1.165) is 33.2 Å². The maximum absolute atomic E-state index is 5.23. The standard InChI is InChI=1S/C46H27N5S/c1-2-12-30(13-3-1)51-40-20-10-9-19-39(40)47-46(51)45-49-43(48-44(50-45)29-23-25-42-38(27-29)36-18-8-11-21-41(36)52-42)28-22-24-35-33-16-5-4-14-31(33)32-15-6-7-17-34(32)37(35)26-28/h1-27H. The number of aromatic nitrogens is 5. The lowest BCUT2D eigenvalue weighted by Gasteiger charge is -2.13. The lowest BCUT2D eigenvalue weighted by Crippen LogP contribution is -2.05. The second kappa shape index (κ2) is 11.4. The molecule has 11 rings (SSSR count). The molecule has 0 saturated heterocycles. The topological polar surface area (TPSA) is 56.5 Å². The van der Waals surface area contributed by atoms with E-state index in [-0.39, 0.29) is 0 Å². The number of thiophene rings is 1. The second-order valence-corrected chi connectivity index (χ2v) is 14.1. The molecule has 0 aliphatic rings. The highest BCUT2D eigenvalue weighted by Crippen LogP contribution is 2.39. The molecule has 3 heterocycles. The molecular weight excluding hydrogens is 655 g/mol. The summed E-state index contributed by atoms with van der Waals surface area (Å²) in [4.78, 5) is 20.8. The quantitative estimate of drug-likeness (QED) is 0.174. The average molecular weight is 682 g/mol. The van der Waals surface area contributed by atoms with E-state index >= 15 is 0 Å². The van der Waals surface area contributed by atoms with Gasteiger partial charge in [0.15, 0.2) is 23.3 Å². The molecule has 8 aromatic carbocycles. The Labute approximate surface area is 302 Å². The van der Waals surface area contributed by atoms with Gasteiger partial charge in [0, 0.05) is 37.0 Å². The summed E-state index contributed by atoms with van der Waals surface area (Å²) in [6, 6.07) is 57.5. The first-order chi connectivity index (χ1) is 25.8. The van der Waals surface area contributed by atoms with Gasteiger partial charge in [0.2, 0.25) is 0 Å². The molecule has 0 aliphatic carbocycles. The van der Waals surface area contributed by atoms with Crippen LogP contribution >= 0.6 is 11.3 Å². The van der Waals surface area contributed by atoms with Crippen LogP contribution in [0.1, 0.15) is 0 Å². The molecule has 0 unspecified atom stereocenters. The molecular formula is C46H27N5S. The van der Waals surface area contributed by atoms with Crippen LogP contribution in [0.25, 0.3) is 104 Å². The Hall–Kier alpha value is -6.76. The van der Waals surface area contributed by atoms with Crippen LogP contribution in [0.5, 0.6) is 0 Å². The molecule has 0 radical (unpaired) electrons. The van der Waals surface area contributed by atoms with Crippen molar-refractivity contribution in [2.45, 2.75) is 0 Å². The first kappa shape index (κ1) is 29.0. The first-order valence-electron chi connectivity index (χ1n) is 17.3. The van der Waals surface area contributed by atoms with Crippen LogP contribution in [-0.4, -0.2) is 24.5 Å². The third-order valence-corrected chi connectivity index (χ3v) is 11.2. The predicted octanol–water partition coefficient (Wildman–Crippen LogP) is 12.0. The molecule has 52 heavy (non-hydrogen) atoms. The van der Waals surface area contributed by atoms with Gasteiger partial charge in [-0.05, 0) is 86.9 Å². The maximum Gasteiger partial charge on any atom is 0.200 e. The fourth-order valence-electron chi connectivity index (χ4n) is 7.66. The van der Waals surface area contributed by atoms with Gasteiger partial charge in [-0.3, -0.25) is 4.57 Å². The Kier molecular flexibility index (Phi) is 6.35. The third kappa shape index (κ3) is 4.48. The smallest absolute Gasteiger partial charge is 0.200 e. The van der Waals surface area contributed by atoms with Crippen LogP contribution in [0, 0.1) is 0 Å². The van der Waals surface area contributed by atoms with Gasteiger partial charge in [-0.2, -0.15) is 0 Å². The van der Waals surface area contributed by atoms with Gasteiger partial charge in [0.25, 0.3) is 0 Å². The van der Waals surface area contributed by atoms with Gasteiger partial charge >= 0.3 is 0 Å². The minimum Gasteiger partial charge on any atom is -0.290 e. The van der Waals surface area contributed by atoms with E-state index in [9.17, 15) is 0 Å². The SMILES string of the molecule is c1ccc(-n2c(-c3nc(-c4ccc5sc6ccccc6c5c4)nc(-c4ccc5c6ccccc6c6ccccc6c5c4)n3)nc3ccccc32)cc1. The summed E-state index contributed by atoms with van der Waals surface area (Å²) in [5.41, 5.74) is 4.70. The van der Waals surface area contributed by atoms with Crippen molar-refractivity contribution in [2.75, 3.05) is 0 Å². The minimum absolute atomic E-state index is 0.513. The van der Waals surface area contributed by atoms with E-state index in [2.05, 4.69) is 132 Å². The Bertz CT molecular complexity index is 3160. The number of benzene rings is 8. The first-order valence-corrected chi connectivity index (χ1v) is 18.1. The van der Waals surface area contributed by atoms with Crippen LogP contribution in [0.15, 0.2) is 164 Å². The van der Waals surface area contributed by atoms with Gasteiger partial charge in [-0.25, -0.2) is 19.9 Å². The molecule has 0 N–H and O–H groups in total. The summed E-state index contributed by atoms with van der Waals surface area (Å²) >= 11 is 1.80. The van der Waals surface area contributed by atoms with E-state index < -0.39 is 0 Å². The van der Waals surface area contributed by atoms with Crippen molar-refractivity contribution in [3.63, 3.8) is 0 Å². The lowest BCUT2D eigenvalue weighted by atomic mass is 9.93. The maximum atomic E-state index is 5.23. The van der Waals surface area contributed by atoms with Crippen LogP contribution in [-0.2, 0) is 0 Å². The van der Waals surface area contributed by atoms with Crippen molar-refractivity contribution in [3.8, 4) is 40.1 Å². The molecule has 0 aliphatic heterocycles. The number of fused-ring (bicyclic) bond motifs is 10. The largest absolute Gasteiger partial charge is 0.290 e. The molecule has 0 amide bonds. The van der Waals surface area contributed by atoms with E-state index in [1.807, 2.05) is 36.4 Å². The van der Waals surface area contributed by atoms with E-state index in [4.69, 9.17) is 19.9 Å². The summed E-state index contributed by atoms with van der Waals surface area (Å²) in [5.74, 6) is 2.38. The Morgan fingerprint density at radius 3 is 1.62 bits per heavy atom. The summed E-state index contributed by atoms with van der Waals surface area (Å²) in [6.07, 6.45) is 0. The molecule has 0 fully saturated rings. The minimum atomic E-state index is 0.513. The highest BCUT2D eigenvalue weighted by Gasteiger charge is 2.21. The second-order valence-electron chi connectivity index (χ2n) is 13.1. The zero-order chi connectivity index (χ0) is 34.2. The molecule has 0 saturated carbocycles. The van der Waals surface area contributed by atoms with Gasteiger partial charge in [0.05, 0.1) is 11.0 Å². The summed E-state index contributed by atoms with van der Waals surface area (Å²) < 4.78 is 4.64. The molecule has 0 spiro atoms. The normalized spacial score (nSPS) is 11.8. The molecule has 0 atom stereocenters.